The third kappa shape index (κ3) is 3.32. The number of carbonyl (C=O) groups is 1. The molecule has 1 aromatic carbocycles. The number of fused-ring (bicyclic) bond motifs is 1. The number of nitrogens with one attached hydrogen (secondary N) is 1. The Morgan fingerprint density at radius 2 is 2.04 bits per heavy atom. The molecule has 6 heteroatoms. The van der Waals surface area contributed by atoms with Crippen LogP contribution in [0, 0.1) is 0 Å². The molecule has 1 fully saturated rings. The summed E-state index contributed by atoms with van der Waals surface area (Å²) in [7, 11) is 0. The number of carbonyl (C=O) groups excluding carboxylic acids is 1. The topological polar surface area (TPSA) is 45.5 Å². The van der Waals surface area contributed by atoms with Gasteiger partial charge in [0.2, 0.25) is 0 Å². The lowest BCUT2D eigenvalue weighted by molar-refractivity contribution is 0.0938. The number of hydrogen-bond donors (Lipinski definition) is 1. The number of nitrogens with zero attached hydrogens (tertiary/aromatic N) is 1. The van der Waals surface area contributed by atoms with Gasteiger partial charge in [-0.1, -0.05) is 29.8 Å². The molecule has 3 heterocycles. The number of thiophene rings is 1. The highest BCUT2D eigenvalue weighted by Crippen LogP contribution is 2.35. The van der Waals surface area contributed by atoms with Crippen molar-refractivity contribution in [3.8, 4) is 0 Å². The van der Waals surface area contributed by atoms with E-state index in [1.54, 1.807) is 6.26 Å². The van der Waals surface area contributed by atoms with Crippen LogP contribution < -0.4 is 5.32 Å². The first-order valence-corrected chi connectivity index (χ1v) is 9.66. The van der Waals surface area contributed by atoms with E-state index < -0.39 is 0 Å². The van der Waals surface area contributed by atoms with Gasteiger partial charge in [0, 0.05) is 16.6 Å². The van der Waals surface area contributed by atoms with Gasteiger partial charge in [-0.05, 0) is 44.1 Å². The van der Waals surface area contributed by atoms with Gasteiger partial charge in [0.25, 0.3) is 5.91 Å². The standard InChI is InChI=1S/C19H19ClN2O2S/c20-17-13-6-1-2-8-16(13)25-18(17)19(23)21-12-14(15-7-5-11-24-15)22-9-3-4-10-22/h1-2,5-8,11,14H,3-4,9-10,12H2,(H,21,23)/t14-/m1/s1. The zero-order chi connectivity index (χ0) is 17.2. The molecule has 1 amide bonds. The summed E-state index contributed by atoms with van der Waals surface area (Å²) in [4.78, 5) is 15.6. The van der Waals surface area contributed by atoms with E-state index in [0.717, 1.165) is 28.9 Å². The first-order valence-electron chi connectivity index (χ1n) is 8.47. The van der Waals surface area contributed by atoms with E-state index in [1.807, 2.05) is 36.4 Å². The van der Waals surface area contributed by atoms with Crippen LogP contribution in [0.25, 0.3) is 10.1 Å². The van der Waals surface area contributed by atoms with Crippen molar-refractivity contribution in [2.24, 2.45) is 0 Å². The predicted molar refractivity (Wildman–Crippen MR) is 101 cm³/mol. The molecule has 1 atom stereocenters. The normalized spacial score (nSPS) is 16.4. The Labute approximate surface area is 155 Å². The fraction of sp³-hybridized carbons (Fsp3) is 0.316. The van der Waals surface area contributed by atoms with Crippen LogP contribution in [0.4, 0.5) is 0 Å². The summed E-state index contributed by atoms with van der Waals surface area (Å²) in [6.07, 6.45) is 4.06. The first kappa shape index (κ1) is 16.6. The van der Waals surface area contributed by atoms with Crippen LogP contribution in [0.3, 0.4) is 0 Å². The zero-order valence-corrected chi connectivity index (χ0v) is 15.3. The highest BCUT2D eigenvalue weighted by atomic mass is 35.5. The van der Waals surface area contributed by atoms with Crippen LogP contribution >= 0.6 is 22.9 Å². The SMILES string of the molecule is O=C(NC[C@H](c1ccco1)N1CCCC1)c1sc2ccccc2c1Cl. The fourth-order valence-corrected chi connectivity index (χ4v) is 4.81. The maximum Gasteiger partial charge on any atom is 0.263 e. The van der Waals surface area contributed by atoms with Gasteiger partial charge in [-0.25, -0.2) is 0 Å². The molecule has 3 aromatic rings. The lowest BCUT2D eigenvalue weighted by Crippen LogP contribution is -2.36. The maximum atomic E-state index is 12.7. The second kappa shape index (κ2) is 7.20. The van der Waals surface area contributed by atoms with Crippen LogP contribution in [0.15, 0.2) is 47.1 Å². The highest BCUT2D eigenvalue weighted by molar-refractivity contribution is 7.21. The minimum atomic E-state index is -0.123. The number of benzene rings is 1. The van der Waals surface area contributed by atoms with Crippen molar-refractivity contribution in [3.63, 3.8) is 0 Å². The average Bonchev–Trinajstić information content (AvgIpc) is 3.37. The molecule has 0 unspecified atom stereocenters. The number of rotatable bonds is 5. The molecular formula is C19H19ClN2O2S. The van der Waals surface area contributed by atoms with E-state index in [4.69, 9.17) is 16.0 Å². The largest absolute Gasteiger partial charge is 0.468 e. The van der Waals surface area contributed by atoms with Crippen LogP contribution in [-0.2, 0) is 0 Å². The maximum absolute atomic E-state index is 12.7. The van der Waals surface area contributed by atoms with Crippen LogP contribution in [0.2, 0.25) is 5.02 Å². The summed E-state index contributed by atoms with van der Waals surface area (Å²) >= 11 is 7.85. The van der Waals surface area contributed by atoms with Crippen LogP contribution in [0.5, 0.6) is 0 Å². The Hall–Kier alpha value is -1.82. The summed E-state index contributed by atoms with van der Waals surface area (Å²) in [6, 6.07) is 11.7. The number of hydrogen-bond acceptors (Lipinski definition) is 4. The first-order chi connectivity index (χ1) is 12.2. The van der Waals surface area contributed by atoms with Crippen molar-refractivity contribution >= 4 is 38.9 Å². The summed E-state index contributed by atoms with van der Waals surface area (Å²) in [5.74, 6) is 0.770. The number of likely N-dealkylation sites (tertiary alicyclic amines) is 1. The Kier molecular flexibility index (Phi) is 4.79. The fourth-order valence-electron chi connectivity index (χ4n) is 3.37. The van der Waals surface area contributed by atoms with Crippen molar-refractivity contribution in [2.45, 2.75) is 18.9 Å². The molecule has 4 rings (SSSR count). The Balaban J connectivity index is 1.52. The molecule has 1 aliphatic rings. The molecule has 25 heavy (non-hydrogen) atoms. The molecule has 0 saturated carbocycles. The van der Waals surface area contributed by atoms with Crippen molar-refractivity contribution in [1.29, 1.82) is 0 Å². The third-order valence-corrected chi connectivity index (χ3v) is 6.32. The lowest BCUT2D eigenvalue weighted by Gasteiger charge is -2.25. The van der Waals surface area contributed by atoms with Gasteiger partial charge in [-0.3, -0.25) is 9.69 Å². The molecule has 1 saturated heterocycles. The number of halogens is 1. The van der Waals surface area contributed by atoms with Crippen molar-refractivity contribution in [1.82, 2.24) is 10.2 Å². The Morgan fingerprint density at radius 1 is 1.24 bits per heavy atom. The minimum absolute atomic E-state index is 0.0644. The van der Waals surface area contributed by atoms with E-state index in [2.05, 4.69) is 10.2 Å². The third-order valence-electron chi connectivity index (χ3n) is 4.65. The molecule has 4 nitrogen and oxygen atoms in total. The predicted octanol–water partition coefficient (Wildman–Crippen LogP) is 4.71. The number of furan rings is 1. The second-order valence-electron chi connectivity index (χ2n) is 6.23. The van der Waals surface area contributed by atoms with Gasteiger partial charge in [0.15, 0.2) is 0 Å². The molecule has 0 spiro atoms. The second-order valence-corrected chi connectivity index (χ2v) is 7.66. The molecule has 1 aliphatic heterocycles. The smallest absolute Gasteiger partial charge is 0.263 e. The van der Waals surface area contributed by atoms with E-state index >= 15 is 0 Å². The van der Waals surface area contributed by atoms with Gasteiger partial charge in [0.05, 0.1) is 17.3 Å². The van der Waals surface area contributed by atoms with Gasteiger partial charge >= 0.3 is 0 Å². The van der Waals surface area contributed by atoms with Crippen molar-refractivity contribution in [3.05, 3.63) is 58.3 Å². The quantitative estimate of drug-likeness (QED) is 0.703. The monoisotopic (exact) mass is 374 g/mol. The molecule has 1 N–H and O–H groups in total. The zero-order valence-electron chi connectivity index (χ0n) is 13.7. The molecule has 130 valence electrons. The van der Waals surface area contributed by atoms with E-state index in [-0.39, 0.29) is 11.9 Å². The highest BCUT2D eigenvalue weighted by Gasteiger charge is 2.26. The van der Waals surface area contributed by atoms with Gasteiger partial charge < -0.3 is 9.73 Å². The molecule has 0 radical (unpaired) electrons. The average molecular weight is 375 g/mol. The summed E-state index contributed by atoms with van der Waals surface area (Å²) in [5.41, 5.74) is 0. The van der Waals surface area contributed by atoms with Gasteiger partial charge in [-0.15, -0.1) is 11.3 Å². The molecule has 2 aromatic heterocycles. The molecule has 0 aliphatic carbocycles. The minimum Gasteiger partial charge on any atom is -0.468 e. The van der Waals surface area contributed by atoms with E-state index in [0.29, 0.717) is 16.4 Å². The summed E-state index contributed by atoms with van der Waals surface area (Å²) < 4.78 is 6.63. The van der Waals surface area contributed by atoms with Crippen molar-refractivity contribution in [2.75, 3.05) is 19.6 Å². The van der Waals surface area contributed by atoms with Crippen LogP contribution in [0.1, 0.15) is 34.3 Å². The van der Waals surface area contributed by atoms with E-state index in [9.17, 15) is 4.79 Å². The number of amides is 1. The molecule has 0 bridgehead atoms. The lowest BCUT2D eigenvalue weighted by atomic mass is 10.2. The Morgan fingerprint density at radius 3 is 2.76 bits per heavy atom. The van der Waals surface area contributed by atoms with E-state index in [1.165, 1.54) is 24.2 Å². The molecular weight excluding hydrogens is 356 g/mol. The summed E-state index contributed by atoms with van der Waals surface area (Å²) in [5, 5.41) is 4.52. The summed E-state index contributed by atoms with van der Waals surface area (Å²) in [6.45, 7) is 2.58. The van der Waals surface area contributed by atoms with Crippen molar-refractivity contribution < 1.29 is 9.21 Å². The van der Waals surface area contributed by atoms with Gasteiger partial charge in [-0.2, -0.15) is 0 Å². The van der Waals surface area contributed by atoms with Crippen LogP contribution in [-0.4, -0.2) is 30.4 Å². The van der Waals surface area contributed by atoms with Gasteiger partial charge in [0.1, 0.15) is 10.6 Å². The Bertz CT molecular complexity index is 869.